The van der Waals surface area contributed by atoms with Gasteiger partial charge in [0.1, 0.15) is 5.82 Å². The molecule has 0 radical (unpaired) electrons. The van der Waals surface area contributed by atoms with Crippen LogP contribution in [0.25, 0.3) is 0 Å². The van der Waals surface area contributed by atoms with Crippen molar-refractivity contribution in [1.29, 1.82) is 0 Å². The molecule has 0 atom stereocenters. The van der Waals surface area contributed by atoms with Gasteiger partial charge in [-0.25, -0.2) is 9.37 Å². The van der Waals surface area contributed by atoms with E-state index in [1.54, 1.807) is 25.4 Å². The Bertz CT molecular complexity index is 801. The molecule has 0 aliphatic heterocycles. The van der Waals surface area contributed by atoms with Crippen molar-refractivity contribution in [2.45, 2.75) is 31.6 Å². The molecule has 136 valence electrons. The minimum absolute atomic E-state index is 0.197. The van der Waals surface area contributed by atoms with Crippen LogP contribution in [0, 0.1) is 11.7 Å². The van der Waals surface area contributed by atoms with Crippen molar-refractivity contribution in [3.63, 3.8) is 0 Å². The Balaban J connectivity index is 1.47. The molecule has 6 heteroatoms. The van der Waals surface area contributed by atoms with Gasteiger partial charge in [0.25, 0.3) is 5.91 Å². The second kappa shape index (κ2) is 6.94. The predicted molar refractivity (Wildman–Crippen MR) is 96.5 cm³/mol. The van der Waals surface area contributed by atoms with E-state index in [0.29, 0.717) is 35.6 Å². The third kappa shape index (κ3) is 3.95. The zero-order valence-electron chi connectivity index (χ0n) is 14.7. The normalized spacial score (nSPS) is 16.2. The topological polar surface area (TPSA) is 54.5 Å². The maximum absolute atomic E-state index is 13.0. The van der Waals surface area contributed by atoms with Gasteiger partial charge in [-0.05, 0) is 67.9 Å². The van der Waals surface area contributed by atoms with Gasteiger partial charge in [0, 0.05) is 18.8 Å². The van der Waals surface area contributed by atoms with E-state index in [1.807, 2.05) is 6.07 Å². The number of amides is 1. The molecule has 1 heterocycles. The van der Waals surface area contributed by atoms with Crippen LogP contribution in [0.4, 0.5) is 10.1 Å². The first-order chi connectivity index (χ1) is 12.6. The summed E-state index contributed by atoms with van der Waals surface area (Å²) in [5.74, 6) is 1.27. The number of hydrazine groups is 1. The van der Waals surface area contributed by atoms with Crippen LogP contribution in [0.5, 0.6) is 5.88 Å². The zero-order valence-corrected chi connectivity index (χ0v) is 14.7. The van der Waals surface area contributed by atoms with Gasteiger partial charge in [0.15, 0.2) is 0 Å². The average Bonchev–Trinajstić information content (AvgIpc) is 3.55. The maximum Gasteiger partial charge on any atom is 0.273 e. The molecular formula is C20H22FN3O2. The number of halogens is 1. The van der Waals surface area contributed by atoms with Crippen LogP contribution in [-0.4, -0.2) is 29.6 Å². The number of pyridine rings is 1. The number of hydrogen-bond acceptors (Lipinski definition) is 4. The lowest BCUT2D eigenvalue weighted by atomic mass is 10.1. The molecule has 4 rings (SSSR count). The number of benzene rings is 1. The van der Waals surface area contributed by atoms with Crippen molar-refractivity contribution in [1.82, 2.24) is 9.99 Å². The van der Waals surface area contributed by atoms with Gasteiger partial charge in [-0.3, -0.25) is 15.2 Å². The zero-order chi connectivity index (χ0) is 18.1. The summed E-state index contributed by atoms with van der Waals surface area (Å²) in [6.45, 7) is 0.714. The Morgan fingerprint density at radius 1 is 1.27 bits per heavy atom. The molecule has 0 bridgehead atoms. The quantitative estimate of drug-likeness (QED) is 0.763. The van der Waals surface area contributed by atoms with E-state index >= 15 is 0 Å². The Labute approximate surface area is 152 Å². The molecule has 5 nitrogen and oxygen atoms in total. The maximum atomic E-state index is 13.0. The van der Waals surface area contributed by atoms with Gasteiger partial charge >= 0.3 is 0 Å². The number of rotatable bonds is 7. The van der Waals surface area contributed by atoms with Crippen molar-refractivity contribution in [3.8, 4) is 5.88 Å². The molecule has 2 aliphatic rings. The lowest BCUT2D eigenvalue weighted by molar-refractivity contribution is 0.0825. The molecule has 2 aliphatic carbocycles. The molecule has 2 saturated carbocycles. The highest BCUT2D eigenvalue weighted by atomic mass is 19.1. The van der Waals surface area contributed by atoms with Crippen LogP contribution in [-0.2, 0) is 0 Å². The second-order valence-electron chi connectivity index (χ2n) is 7.13. The Morgan fingerprint density at radius 3 is 2.65 bits per heavy atom. The minimum atomic E-state index is -0.315. The molecule has 1 aromatic carbocycles. The second-order valence-corrected chi connectivity index (χ2v) is 7.13. The number of aromatic nitrogens is 1. The van der Waals surface area contributed by atoms with E-state index in [1.165, 1.54) is 30.0 Å². The highest BCUT2D eigenvalue weighted by Crippen LogP contribution is 2.44. The number of nitrogens with one attached hydrogen (secondary N) is 1. The molecular weight excluding hydrogens is 333 g/mol. The molecule has 2 fully saturated rings. The largest absolute Gasteiger partial charge is 0.477 e. The van der Waals surface area contributed by atoms with Gasteiger partial charge in [-0.15, -0.1) is 0 Å². The van der Waals surface area contributed by atoms with Crippen molar-refractivity contribution in [2.24, 2.45) is 5.92 Å². The predicted octanol–water partition coefficient (Wildman–Crippen LogP) is 3.99. The van der Waals surface area contributed by atoms with E-state index in [-0.39, 0.29) is 11.7 Å². The van der Waals surface area contributed by atoms with E-state index in [2.05, 4.69) is 10.4 Å². The monoisotopic (exact) mass is 355 g/mol. The third-order valence-corrected chi connectivity index (χ3v) is 4.74. The van der Waals surface area contributed by atoms with Gasteiger partial charge in [-0.1, -0.05) is 0 Å². The van der Waals surface area contributed by atoms with Crippen molar-refractivity contribution in [3.05, 3.63) is 53.5 Å². The van der Waals surface area contributed by atoms with E-state index in [4.69, 9.17) is 4.74 Å². The van der Waals surface area contributed by atoms with Crippen molar-refractivity contribution >= 4 is 11.6 Å². The summed E-state index contributed by atoms with van der Waals surface area (Å²) in [5.41, 5.74) is 5.14. The Morgan fingerprint density at radius 2 is 2.00 bits per heavy atom. The highest BCUT2D eigenvalue weighted by Gasteiger charge is 2.30. The van der Waals surface area contributed by atoms with Crippen molar-refractivity contribution in [2.75, 3.05) is 19.1 Å². The summed E-state index contributed by atoms with van der Waals surface area (Å²) in [4.78, 5) is 17.1. The molecule has 1 amide bonds. The fourth-order valence-corrected chi connectivity index (χ4v) is 2.84. The number of carbonyl (C=O) groups excluding carboxylic acids is 1. The van der Waals surface area contributed by atoms with E-state index in [9.17, 15) is 9.18 Å². The molecule has 26 heavy (non-hydrogen) atoms. The van der Waals surface area contributed by atoms with Gasteiger partial charge in [0.2, 0.25) is 5.88 Å². The first kappa shape index (κ1) is 16.8. The number of carbonyl (C=O) groups is 1. The first-order valence-corrected chi connectivity index (χ1v) is 9.03. The summed E-state index contributed by atoms with van der Waals surface area (Å²) in [6, 6.07) is 7.76. The average molecular weight is 355 g/mol. The van der Waals surface area contributed by atoms with Crippen LogP contribution in [0.3, 0.4) is 0 Å². The van der Waals surface area contributed by atoms with Crippen LogP contribution < -0.4 is 10.2 Å². The molecule has 0 unspecified atom stereocenters. The molecule has 1 N–H and O–H groups in total. The first-order valence-electron chi connectivity index (χ1n) is 9.03. The fourth-order valence-electron chi connectivity index (χ4n) is 2.84. The Hall–Kier alpha value is -2.63. The summed E-state index contributed by atoms with van der Waals surface area (Å²) < 4.78 is 18.9. The number of nitrogens with zero attached hydrogens (tertiary/aromatic N) is 2. The SMILES string of the molecule is CN(Nc1ccc(F)cc1)C(=O)c1cnc(OCC2CC2)c(C2CC2)c1. The third-order valence-electron chi connectivity index (χ3n) is 4.74. The molecule has 2 aromatic rings. The summed E-state index contributed by atoms with van der Waals surface area (Å²) in [7, 11) is 1.64. The summed E-state index contributed by atoms with van der Waals surface area (Å²) in [6.07, 6.45) is 6.26. The number of anilines is 1. The molecule has 0 saturated heterocycles. The fraction of sp³-hybridized carbons (Fsp3) is 0.400. The van der Waals surface area contributed by atoms with E-state index in [0.717, 1.165) is 18.4 Å². The lowest BCUT2D eigenvalue weighted by Gasteiger charge is -2.20. The van der Waals surface area contributed by atoms with E-state index < -0.39 is 0 Å². The smallest absolute Gasteiger partial charge is 0.273 e. The molecule has 1 aromatic heterocycles. The van der Waals surface area contributed by atoms with Crippen molar-refractivity contribution < 1.29 is 13.9 Å². The van der Waals surface area contributed by atoms with Gasteiger partial charge in [0.05, 0.1) is 17.9 Å². The molecule has 0 spiro atoms. The minimum Gasteiger partial charge on any atom is -0.477 e. The van der Waals surface area contributed by atoms with Gasteiger partial charge < -0.3 is 4.74 Å². The summed E-state index contributed by atoms with van der Waals surface area (Å²) in [5, 5.41) is 1.38. The summed E-state index contributed by atoms with van der Waals surface area (Å²) >= 11 is 0. The van der Waals surface area contributed by atoms with Gasteiger partial charge in [-0.2, -0.15) is 0 Å². The van der Waals surface area contributed by atoms with Crippen LogP contribution in [0.15, 0.2) is 36.5 Å². The van der Waals surface area contributed by atoms with Crippen LogP contribution in [0.1, 0.15) is 47.5 Å². The standard InChI is InChI=1S/C20H22FN3O2/c1-24(23-17-8-6-16(21)7-9-17)20(25)15-10-18(14-4-5-14)19(22-11-15)26-12-13-2-3-13/h6-11,13-14,23H,2-5,12H2,1H3. The number of hydrogen-bond donors (Lipinski definition) is 1. The van der Waals surface area contributed by atoms with Crippen LogP contribution >= 0.6 is 0 Å². The Kier molecular flexibility index (Phi) is 4.49. The van der Waals surface area contributed by atoms with Crippen LogP contribution in [0.2, 0.25) is 0 Å². The number of ether oxygens (including phenoxy) is 1. The lowest BCUT2D eigenvalue weighted by Crippen LogP contribution is -2.32. The highest BCUT2D eigenvalue weighted by molar-refractivity contribution is 5.94.